The molecule has 7 rings (SSSR count). The number of aryl methyl sites for hydroxylation is 1. The molecule has 0 radical (unpaired) electrons. The molecule has 1 heterocycles. The van der Waals surface area contributed by atoms with E-state index in [0.717, 1.165) is 12.8 Å². The van der Waals surface area contributed by atoms with Crippen molar-refractivity contribution >= 4 is 23.5 Å². The normalized spacial score (nSPS) is 32.1. The number of amides is 2. The van der Waals surface area contributed by atoms with Gasteiger partial charge in [-0.3, -0.25) is 14.5 Å². The lowest BCUT2D eigenvalue weighted by atomic mass is 9.63. The molecule has 2 bridgehead atoms. The van der Waals surface area contributed by atoms with Crippen LogP contribution < -0.4 is 9.64 Å². The molecule has 3 fully saturated rings. The van der Waals surface area contributed by atoms with Crippen molar-refractivity contribution in [2.24, 2.45) is 35.5 Å². The van der Waals surface area contributed by atoms with Crippen molar-refractivity contribution in [3.63, 3.8) is 0 Å². The molecule has 31 heavy (non-hydrogen) atoms. The van der Waals surface area contributed by atoms with Gasteiger partial charge in [-0.2, -0.15) is 0 Å². The van der Waals surface area contributed by atoms with Crippen molar-refractivity contribution in [1.29, 1.82) is 0 Å². The lowest BCUT2D eigenvalue weighted by Crippen LogP contribution is -2.40. The average molecular weight is 413 g/mol. The van der Waals surface area contributed by atoms with E-state index in [-0.39, 0.29) is 35.5 Å². The fourth-order valence-electron chi connectivity index (χ4n) is 5.92. The van der Waals surface area contributed by atoms with Gasteiger partial charge < -0.3 is 4.74 Å². The maximum atomic E-state index is 13.2. The topological polar surface area (TPSA) is 63.7 Å². The minimum Gasteiger partial charge on any atom is -0.423 e. The standard InChI is InChI=1S/C26H23NO4/c1-2-14-3-9-17(10-4-14)31-26(30)15-5-7-16(8-6-15)27-24(28)22-18-11-12-19(21-13-20(18)21)23(22)25(27)29/h3-12,18-23H,2,13H2,1H3/t18-,19-,20-,21-,22+,23+/m1/s1. The zero-order valence-corrected chi connectivity index (χ0v) is 17.2. The predicted octanol–water partition coefficient (Wildman–Crippen LogP) is 4.03. The summed E-state index contributed by atoms with van der Waals surface area (Å²) in [5.41, 5.74) is 2.08. The number of ether oxygens (including phenoxy) is 1. The summed E-state index contributed by atoms with van der Waals surface area (Å²) in [4.78, 5) is 40.2. The molecule has 5 heteroatoms. The van der Waals surface area contributed by atoms with E-state index in [1.807, 2.05) is 12.1 Å². The van der Waals surface area contributed by atoms with Gasteiger partial charge in [0.05, 0.1) is 23.1 Å². The molecular formula is C26H23NO4. The second-order valence-electron chi connectivity index (χ2n) is 9.10. The zero-order chi connectivity index (χ0) is 21.3. The Morgan fingerprint density at radius 1 is 0.903 bits per heavy atom. The second-order valence-corrected chi connectivity index (χ2v) is 9.10. The monoisotopic (exact) mass is 413 g/mol. The lowest BCUT2D eigenvalue weighted by molar-refractivity contribution is -0.124. The first kappa shape index (κ1) is 18.6. The van der Waals surface area contributed by atoms with Crippen LogP contribution in [0.2, 0.25) is 0 Å². The summed E-state index contributed by atoms with van der Waals surface area (Å²) >= 11 is 0. The Labute approximate surface area is 180 Å². The van der Waals surface area contributed by atoms with Gasteiger partial charge in [-0.25, -0.2) is 4.79 Å². The maximum Gasteiger partial charge on any atom is 0.343 e. The summed E-state index contributed by atoms with van der Waals surface area (Å²) in [5.74, 6) is 0.964. The van der Waals surface area contributed by atoms with E-state index < -0.39 is 5.97 Å². The molecule has 2 aromatic carbocycles. The highest BCUT2D eigenvalue weighted by molar-refractivity contribution is 6.22. The number of hydrogen-bond acceptors (Lipinski definition) is 4. The summed E-state index contributed by atoms with van der Waals surface area (Å²) in [6.45, 7) is 2.07. The highest BCUT2D eigenvalue weighted by Crippen LogP contribution is 2.65. The highest BCUT2D eigenvalue weighted by atomic mass is 16.5. The van der Waals surface area contributed by atoms with Crippen LogP contribution in [0.25, 0.3) is 0 Å². The zero-order valence-electron chi connectivity index (χ0n) is 17.2. The van der Waals surface area contributed by atoms with Crippen molar-refractivity contribution in [2.75, 3.05) is 4.90 Å². The Morgan fingerprint density at radius 2 is 1.48 bits per heavy atom. The first-order valence-electron chi connectivity index (χ1n) is 11.0. The molecule has 156 valence electrons. The fourth-order valence-corrected chi connectivity index (χ4v) is 5.92. The quantitative estimate of drug-likeness (QED) is 0.329. The number of carbonyl (C=O) groups is 3. The third-order valence-corrected chi connectivity index (χ3v) is 7.57. The van der Waals surface area contributed by atoms with Crippen LogP contribution in [0.4, 0.5) is 5.69 Å². The number of carbonyl (C=O) groups excluding carboxylic acids is 3. The summed E-state index contributed by atoms with van der Waals surface area (Å²) in [5, 5.41) is 0. The largest absolute Gasteiger partial charge is 0.423 e. The number of imide groups is 1. The lowest BCUT2D eigenvalue weighted by Gasteiger charge is -2.37. The second kappa shape index (κ2) is 6.64. The Bertz CT molecular complexity index is 1080. The first-order valence-corrected chi connectivity index (χ1v) is 11.0. The number of benzene rings is 2. The van der Waals surface area contributed by atoms with Crippen LogP contribution in [0.15, 0.2) is 60.7 Å². The predicted molar refractivity (Wildman–Crippen MR) is 114 cm³/mol. The third-order valence-electron chi connectivity index (χ3n) is 7.57. The fraction of sp³-hybridized carbons (Fsp3) is 0.346. The Kier molecular flexibility index (Phi) is 3.98. The molecule has 0 aromatic heterocycles. The smallest absolute Gasteiger partial charge is 0.343 e. The van der Waals surface area contributed by atoms with Crippen LogP contribution in [-0.4, -0.2) is 17.8 Å². The SMILES string of the molecule is CCc1ccc(OC(=O)c2ccc(N3C(=O)[C@H]4[C@@H]5C=C[C@H]([C@H]6C[C@H]56)[C@@H]4C3=O)cc2)cc1. The van der Waals surface area contributed by atoms with Crippen LogP contribution in [-0.2, 0) is 16.0 Å². The Balaban J connectivity index is 1.20. The van der Waals surface area contributed by atoms with E-state index in [2.05, 4.69) is 19.1 Å². The van der Waals surface area contributed by atoms with Gasteiger partial charge in [0.25, 0.3) is 0 Å². The molecule has 1 saturated heterocycles. The Hall–Kier alpha value is -3.21. The molecule has 1 aliphatic heterocycles. The van der Waals surface area contributed by atoms with E-state index in [1.165, 1.54) is 10.5 Å². The maximum absolute atomic E-state index is 13.2. The van der Waals surface area contributed by atoms with Gasteiger partial charge in [0.15, 0.2) is 0 Å². The van der Waals surface area contributed by atoms with Crippen LogP contribution in [0.1, 0.15) is 29.3 Å². The summed E-state index contributed by atoms with van der Waals surface area (Å²) in [7, 11) is 0. The number of esters is 1. The van der Waals surface area contributed by atoms with Gasteiger partial charge in [0.1, 0.15) is 5.75 Å². The summed E-state index contributed by atoms with van der Waals surface area (Å²) in [6.07, 6.45) is 6.40. The Morgan fingerprint density at radius 3 is 2.03 bits per heavy atom. The van der Waals surface area contributed by atoms with Crippen LogP contribution in [0.3, 0.4) is 0 Å². The van der Waals surface area contributed by atoms with Crippen LogP contribution in [0, 0.1) is 35.5 Å². The number of rotatable bonds is 4. The van der Waals surface area contributed by atoms with E-state index >= 15 is 0 Å². The van der Waals surface area contributed by atoms with Gasteiger partial charge >= 0.3 is 5.97 Å². The molecule has 0 unspecified atom stereocenters. The molecule has 5 aliphatic rings. The van der Waals surface area contributed by atoms with Gasteiger partial charge in [0, 0.05) is 0 Å². The number of nitrogens with zero attached hydrogens (tertiary/aromatic N) is 1. The van der Waals surface area contributed by atoms with Crippen LogP contribution >= 0.6 is 0 Å². The van der Waals surface area contributed by atoms with Gasteiger partial charge in [0.2, 0.25) is 11.8 Å². The number of allylic oxidation sites excluding steroid dienone is 2. The molecular weight excluding hydrogens is 390 g/mol. The summed E-state index contributed by atoms with van der Waals surface area (Å²) < 4.78 is 5.44. The van der Waals surface area contributed by atoms with Crippen molar-refractivity contribution in [2.45, 2.75) is 19.8 Å². The van der Waals surface area contributed by atoms with Gasteiger partial charge in [-0.15, -0.1) is 0 Å². The minimum atomic E-state index is -0.467. The molecule has 0 N–H and O–H groups in total. The van der Waals surface area contributed by atoms with Crippen molar-refractivity contribution in [1.82, 2.24) is 0 Å². The number of hydrogen-bond donors (Lipinski definition) is 0. The number of anilines is 1. The van der Waals surface area contributed by atoms with E-state index in [1.54, 1.807) is 36.4 Å². The first-order chi connectivity index (χ1) is 15.1. The third kappa shape index (κ3) is 2.72. The molecule has 2 aromatic rings. The van der Waals surface area contributed by atoms with Crippen molar-refractivity contribution < 1.29 is 19.1 Å². The average Bonchev–Trinajstić information content (AvgIpc) is 3.58. The highest BCUT2D eigenvalue weighted by Gasteiger charge is 2.67. The summed E-state index contributed by atoms with van der Waals surface area (Å²) in [6, 6.07) is 14.0. The minimum absolute atomic E-state index is 0.0916. The van der Waals surface area contributed by atoms with Crippen molar-refractivity contribution in [3.8, 4) is 5.75 Å². The van der Waals surface area contributed by atoms with Crippen molar-refractivity contribution in [3.05, 3.63) is 71.8 Å². The molecule has 4 aliphatic carbocycles. The molecule has 2 amide bonds. The molecule has 0 spiro atoms. The van der Waals surface area contributed by atoms with E-state index in [4.69, 9.17) is 4.74 Å². The van der Waals surface area contributed by atoms with E-state index in [0.29, 0.717) is 28.8 Å². The van der Waals surface area contributed by atoms with Crippen LogP contribution in [0.5, 0.6) is 5.75 Å². The van der Waals surface area contributed by atoms with Gasteiger partial charge in [-0.1, -0.05) is 31.2 Å². The molecule has 6 atom stereocenters. The molecule has 2 saturated carbocycles. The van der Waals surface area contributed by atoms with E-state index in [9.17, 15) is 14.4 Å². The molecule has 5 nitrogen and oxygen atoms in total. The van der Waals surface area contributed by atoms with Gasteiger partial charge in [-0.05, 0) is 78.5 Å².